The van der Waals surface area contributed by atoms with Crippen molar-refractivity contribution in [2.45, 2.75) is 6.18 Å². The highest BCUT2D eigenvalue weighted by Gasteiger charge is 2.43. The zero-order valence-electron chi connectivity index (χ0n) is 14.3. The molecule has 0 saturated heterocycles. The van der Waals surface area contributed by atoms with Crippen molar-refractivity contribution in [1.29, 1.82) is 0 Å². The molecule has 2 nitrogen and oxygen atoms in total. The van der Waals surface area contributed by atoms with Crippen LogP contribution >= 0.6 is 0 Å². The summed E-state index contributed by atoms with van der Waals surface area (Å²) in [7, 11) is 0. The van der Waals surface area contributed by atoms with Gasteiger partial charge >= 0.3 is 6.18 Å². The van der Waals surface area contributed by atoms with E-state index in [2.05, 4.69) is 9.99 Å². The van der Waals surface area contributed by atoms with E-state index >= 15 is 0 Å². The Morgan fingerprint density at radius 1 is 0.655 bits per heavy atom. The lowest BCUT2D eigenvalue weighted by Crippen LogP contribution is -2.16. The minimum Gasteiger partial charge on any atom is -0.350 e. The molecule has 3 aromatic rings. The largest absolute Gasteiger partial charge is 0.422 e. The Morgan fingerprint density at radius 2 is 1.07 bits per heavy atom. The summed E-state index contributed by atoms with van der Waals surface area (Å²) in [4.78, 5) is 4.56. The van der Waals surface area contributed by atoms with Crippen LogP contribution in [0, 0.1) is 23.3 Å². The minimum absolute atomic E-state index is 0.0331. The molecule has 29 heavy (non-hydrogen) atoms. The molecule has 0 aliphatic heterocycles. The van der Waals surface area contributed by atoms with E-state index in [1.807, 2.05) is 0 Å². The summed E-state index contributed by atoms with van der Waals surface area (Å²) in [6.45, 7) is 0. The van der Waals surface area contributed by atoms with Gasteiger partial charge in [0.05, 0.1) is 0 Å². The summed E-state index contributed by atoms with van der Waals surface area (Å²) >= 11 is 0. The fourth-order valence-corrected chi connectivity index (χ4v) is 2.50. The van der Waals surface area contributed by atoms with Crippen LogP contribution in [-0.4, -0.2) is 5.71 Å². The van der Waals surface area contributed by atoms with Gasteiger partial charge in [0.2, 0.25) is 17.4 Å². The molecule has 0 spiro atoms. The Kier molecular flexibility index (Phi) is 5.58. The summed E-state index contributed by atoms with van der Waals surface area (Å²) < 4.78 is 93.5. The Balaban J connectivity index is 2.12. The van der Waals surface area contributed by atoms with Gasteiger partial charge in [-0.05, 0) is 0 Å². The Morgan fingerprint density at radius 3 is 1.45 bits per heavy atom. The van der Waals surface area contributed by atoms with Crippen molar-refractivity contribution in [3.05, 3.63) is 101 Å². The molecule has 0 radical (unpaired) electrons. The molecule has 0 N–H and O–H groups in total. The van der Waals surface area contributed by atoms with Crippen LogP contribution < -0.4 is 4.84 Å². The zero-order valence-corrected chi connectivity index (χ0v) is 14.3. The number of oxime groups is 1. The first-order valence-corrected chi connectivity index (χ1v) is 8.00. The van der Waals surface area contributed by atoms with Gasteiger partial charge in [0.25, 0.3) is 0 Å². The minimum atomic E-state index is -5.64. The quantitative estimate of drug-likeness (QED) is 0.219. The van der Waals surface area contributed by atoms with E-state index in [-0.39, 0.29) is 5.71 Å². The van der Waals surface area contributed by atoms with E-state index in [9.17, 15) is 30.7 Å². The maximum atomic E-state index is 14.0. The number of hydrogen-bond donors (Lipinski definition) is 0. The molecule has 0 amide bonds. The highest BCUT2D eigenvalue weighted by atomic mass is 19.4. The van der Waals surface area contributed by atoms with E-state index in [1.54, 1.807) is 60.7 Å². The van der Waals surface area contributed by atoms with E-state index in [0.717, 1.165) is 0 Å². The highest BCUT2D eigenvalue weighted by molar-refractivity contribution is 6.12. The van der Waals surface area contributed by atoms with E-state index in [1.165, 1.54) is 0 Å². The molecule has 0 aliphatic rings. The molecule has 0 unspecified atom stereocenters. The van der Waals surface area contributed by atoms with E-state index < -0.39 is 40.8 Å². The topological polar surface area (TPSA) is 21.6 Å². The Labute approximate surface area is 159 Å². The van der Waals surface area contributed by atoms with Crippen molar-refractivity contribution >= 4 is 5.71 Å². The second kappa shape index (κ2) is 7.94. The monoisotopic (exact) mass is 413 g/mol. The smallest absolute Gasteiger partial charge is 0.350 e. The van der Waals surface area contributed by atoms with Crippen molar-refractivity contribution in [1.82, 2.24) is 0 Å². The van der Waals surface area contributed by atoms with Crippen molar-refractivity contribution in [2.75, 3.05) is 0 Å². The zero-order chi connectivity index (χ0) is 21.2. The van der Waals surface area contributed by atoms with Crippen LogP contribution in [0.1, 0.15) is 16.7 Å². The van der Waals surface area contributed by atoms with Crippen molar-refractivity contribution in [2.24, 2.45) is 5.16 Å². The van der Waals surface area contributed by atoms with Crippen molar-refractivity contribution in [3.63, 3.8) is 0 Å². The summed E-state index contributed by atoms with van der Waals surface area (Å²) in [6, 6.07) is 16.2. The van der Waals surface area contributed by atoms with Gasteiger partial charge in [0.1, 0.15) is 11.3 Å². The third kappa shape index (κ3) is 4.08. The standard InChI is InChI=1S/C20H10F7NO/c21-14-13(20(25,26)27)15(22)17(24)19(16(14)23)29-28-18(11-7-3-1-4-8-11)12-9-5-2-6-10-12/h1-10H. The predicted octanol–water partition coefficient (Wildman–Crippen LogP) is 6.09. The van der Waals surface area contributed by atoms with Crippen LogP contribution in [0.3, 0.4) is 0 Å². The number of alkyl halides is 3. The molecule has 3 aromatic carbocycles. The van der Waals surface area contributed by atoms with Crippen LogP contribution in [-0.2, 0) is 6.18 Å². The number of hydrogen-bond acceptors (Lipinski definition) is 2. The van der Waals surface area contributed by atoms with E-state index in [0.29, 0.717) is 11.1 Å². The molecule has 0 fully saturated rings. The maximum absolute atomic E-state index is 14.0. The number of rotatable bonds is 4. The van der Waals surface area contributed by atoms with Crippen LogP contribution in [0.4, 0.5) is 30.7 Å². The fraction of sp³-hybridized carbons (Fsp3) is 0.0500. The average molecular weight is 413 g/mol. The second-order valence-corrected chi connectivity index (χ2v) is 5.72. The van der Waals surface area contributed by atoms with Crippen LogP contribution in [0.15, 0.2) is 65.8 Å². The molecule has 0 bridgehead atoms. The molecule has 0 heterocycles. The Hall–Kier alpha value is -3.36. The van der Waals surface area contributed by atoms with Gasteiger partial charge in [-0.15, -0.1) is 0 Å². The average Bonchev–Trinajstić information content (AvgIpc) is 2.69. The first kappa shape index (κ1) is 20.4. The van der Waals surface area contributed by atoms with Crippen LogP contribution in [0.25, 0.3) is 0 Å². The highest BCUT2D eigenvalue weighted by Crippen LogP contribution is 2.39. The fourth-order valence-electron chi connectivity index (χ4n) is 2.50. The third-order valence-corrected chi connectivity index (χ3v) is 3.83. The van der Waals surface area contributed by atoms with Gasteiger partial charge in [-0.25, -0.2) is 8.78 Å². The molecular weight excluding hydrogens is 403 g/mol. The van der Waals surface area contributed by atoms with Gasteiger partial charge in [-0.2, -0.15) is 22.0 Å². The lowest BCUT2D eigenvalue weighted by Gasteiger charge is -2.13. The Bertz CT molecular complexity index is 977. The van der Waals surface area contributed by atoms with Gasteiger partial charge < -0.3 is 4.84 Å². The van der Waals surface area contributed by atoms with Gasteiger partial charge in [-0.1, -0.05) is 65.8 Å². The number of halogens is 7. The molecule has 0 atom stereocenters. The molecule has 150 valence electrons. The lowest BCUT2D eigenvalue weighted by molar-refractivity contribution is -0.143. The summed E-state index contributed by atoms with van der Waals surface area (Å²) in [5, 5.41) is 3.55. The number of benzene rings is 3. The van der Waals surface area contributed by atoms with Gasteiger partial charge in [0.15, 0.2) is 11.6 Å². The predicted molar refractivity (Wildman–Crippen MR) is 90.4 cm³/mol. The van der Waals surface area contributed by atoms with E-state index in [4.69, 9.17) is 0 Å². The van der Waals surface area contributed by atoms with Crippen molar-refractivity contribution < 1.29 is 35.6 Å². The molecule has 9 heteroatoms. The van der Waals surface area contributed by atoms with Crippen molar-refractivity contribution in [3.8, 4) is 5.75 Å². The second-order valence-electron chi connectivity index (χ2n) is 5.72. The third-order valence-electron chi connectivity index (χ3n) is 3.83. The normalized spacial score (nSPS) is 11.3. The lowest BCUT2D eigenvalue weighted by atomic mass is 10.0. The maximum Gasteiger partial charge on any atom is 0.422 e. The molecule has 3 rings (SSSR count). The molecular formula is C20H10F7NO. The first-order valence-electron chi connectivity index (χ1n) is 8.00. The molecule has 0 saturated carbocycles. The molecule has 0 aromatic heterocycles. The van der Waals surface area contributed by atoms with Gasteiger partial charge in [0, 0.05) is 11.1 Å². The van der Waals surface area contributed by atoms with Crippen LogP contribution in [0.5, 0.6) is 5.75 Å². The van der Waals surface area contributed by atoms with Gasteiger partial charge in [-0.3, -0.25) is 0 Å². The molecule has 0 aliphatic carbocycles. The SMILES string of the molecule is Fc1c(F)c(C(F)(F)F)c(F)c(F)c1ON=C(c1ccccc1)c1ccccc1. The van der Waals surface area contributed by atoms with Crippen LogP contribution in [0.2, 0.25) is 0 Å². The summed E-state index contributed by atoms with van der Waals surface area (Å²) in [6.07, 6.45) is -5.64. The summed E-state index contributed by atoms with van der Waals surface area (Å²) in [5.74, 6) is -11.7. The number of nitrogens with zero attached hydrogens (tertiary/aromatic N) is 1. The summed E-state index contributed by atoms with van der Waals surface area (Å²) in [5.41, 5.74) is -1.80. The first-order chi connectivity index (χ1) is 13.7.